The van der Waals surface area contributed by atoms with Crippen molar-refractivity contribution in [2.45, 2.75) is 40.6 Å². The fourth-order valence-electron chi connectivity index (χ4n) is 5.67. The number of pyridine rings is 1. The molecule has 5 rings (SSSR count). The van der Waals surface area contributed by atoms with E-state index in [0.29, 0.717) is 24.3 Å². The first-order chi connectivity index (χ1) is 22.4. The Labute approximate surface area is 267 Å². The quantitative estimate of drug-likeness (QED) is 0.143. The molecule has 1 saturated heterocycles. The van der Waals surface area contributed by atoms with E-state index in [1.807, 2.05) is 0 Å². The number of benzene rings is 3. The summed E-state index contributed by atoms with van der Waals surface area (Å²) in [6, 6.07) is 10.8. The molecule has 1 unspecified atom stereocenters. The summed E-state index contributed by atoms with van der Waals surface area (Å²) in [7, 11) is -4.61. The van der Waals surface area contributed by atoms with Gasteiger partial charge in [-0.25, -0.2) is 21.6 Å². The maximum atomic E-state index is 14.5. The lowest BCUT2D eigenvalue weighted by molar-refractivity contribution is -0.392. The molecule has 16 heteroatoms. The summed E-state index contributed by atoms with van der Waals surface area (Å²) in [4.78, 5) is 17.8. The number of carbonyl (C=O) groups excluding carboxylic acids is 1. The van der Waals surface area contributed by atoms with E-state index >= 15 is 0 Å². The summed E-state index contributed by atoms with van der Waals surface area (Å²) in [5.41, 5.74) is -8.03. The molecule has 1 aromatic heterocycles. The molecule has 0 radical (unpaired) electrons. The molecule has 1 aliphatic heterocycles. The second-order valence-electron chi connectivity index (χ2n) is 10.9. The largest absolute Gasteiger partial charge is 0.430 e. The monoisotopic (exact) mass is 702 g/mol. The fourth-order valence-corrected chi connectivity index (χ4v) is 7.75. The molecule has 0 spiro atoms. The predicted octanol–water partition coefficient (Wildman–Crippen LogP) is 7.25. The highest BCUT2D eigenvalue weighted by molar-refractivity contribution is 7.92. The van der Waals surface area contributed by atoms with E-state index in [0.717, 1.165) is 47.4 Å². The normalized spacial score (nSPS) is 17.5. The van der Waals surface area contributed by atoms with Crippen LogP contribution < -0.4 is 0 Å². The Morgan fingerprint density at radius 1 is 0.833 bits per heavy atom. The third-order valence-electron chi connectivity index (χ3n) is 8.18. The molecule has 0 bridgehead atoms. The van der Waals surface area contributed by atoms with Crippen LogP contribution in [0.4, 0.5) is 39.5 Å². The second kappa shape index (κ2) is 12.5. The van der Waals surface area contributed by atoms with Crippen molar-refractivity contribution in [3.63, 3.8) is 0 Å². The molecule has 1 atom stereocenters. The van der Waals surface area contributed by atoms with Crippen LogP contribution in [0.1, 0.15) is 33.5 Å². The number of hydrogen-bond acceptors (Lipinski definition) is 5. The van der Waals surface area contributed by atoms with E-state index in [1.165, 1.54) is 24.5 Å². The summed E-state index contributed by atoms with van der Waals surface area (Å²) < 4.78 is 159. The Balaban J connectivity index is 1.62. The van der Waals surface area contributed by atoms with Gasteiger partial charge in [0.2, 0.25) is 0 Å². The lowest BCUT2D eigenvalue weighted by Crippen LogP contribution is -2.56. The Hall–Kier alpha value is -4.44. The average Bonchev–Trinajstić information content (AvgIpc) is 3.49. The summed E-state index contributed by atoms with van der Waals surface area (Å²) in [6.45, 7) is -2.54. The molecular formula is C32H23F9N2O4S. The summed E-state index contributed by atoms with van der Waals surface area (Å²) in [5.74, 6) is -4.30. The van der Waals surface area contributed by atoms with Gasteiger partial charge in [0.1, 0.15) is 22.2 Å². The minimum Gasteiger partial charge on any atom is -0.349 e. The minimum atomic E-state index is -6.23. The summed E-state index contributed by atoms with van der Waals surface area (Å²) >= 11 is 0. The molecule has 1 fully saturated rings. The van der Waals surface area contributed by atoms with Crippen LogP contribution in [0.25, 0.3) is 0 Å². The van der Waals surface area contributed by atoms with Gasteiger partial charge in [-0.15, -0.1) is 0 Å². The van der Waals surface area contributed by atoms with E-state index in [1.54, 1.807) is 0 Å². The summed E-state index contributed by atoms with van der Waals surface area (Å²) in [5, 5.41) is 0. The average molecular weight is 703 g/mol. The van der Waals surface area contributed by atoms with Crippen molar-refractivity contribution >= 4 is 15.7 Å². The molecule has 4 aromatic rings. The van der Waals surface area contributed by atoms with Crippen molar-refractivity contribution in [1.82, 2.24) is 9.88 Å². The smallest absolute Gasteiger partial charge is 0.349 e. The molecule has 254 valence electrons. The molecule has 0 N–H and O–H groups in total. The second-order valence-corrected chi connectivity index (χ2v) is 13.2. The SMILES string of the molecule is O=C(c1cccnc1)N1CCC(c2ccc(C(OCc3c(F)cccc3F)(C(F)(F)F)C(F)(F)F)cc2)(S(=O)(=O)c2ccc(F)cc2)C1. The van der Waals surface area contributed by atoms with Crippen molar-refractivity contribution in [2.75, 3.05) is 13.1 Å². The minimum absolute atomic E-state index is 0.0893. The van der Waals surface area contributed by atoms with Crippen LogP contribution in [-0.2, 0) is 31.5 Å². The first-order valence-corrected chi connectivity index (χ1v) is 15.4. The molecule has 0 aliphatic carbocycles. The van der Waals surface area contributed by atoms with E-state index in [4.69, 9.17) is 0 Å². The highest BCUT2D eigenvalue weighted by Crippen LogP contribution is 2.54. The number of rotatable bonds is 8. The zero-order valence-electron chi connectivity index (χ0n) is 24.3. The van der Waals surface area contributed by atoms with Gasteiger partial charge in [0.05, 0.1) is 17.1 Å². The Kier molecular flexibility index (Phi) is 9.11. The van der Waals surface area contributed by atoms with Gasteiger partial charge in [0.15, 0.2) is 9.84 Å². The van der Waals surface area contributed by atoms with Gasteiger partial charge in [-0.1, -0.05) is 30.3 Å². The molecule has 1 amide bonds. The van der Waals surface area contributed by atoms with E-state index in [2.05, 4.69) is 9.72 Å². The maximum Gasteiger partial charge on any atom is 0.430 e. The lowest BCUT2D eigenvalue weighted by Gasteiger charge is -2.38. The number of halogens is 9. The first-order valence-electron chi connectivity index (χ1n) is 14.0. The highest BCUT2D eigenvalue weighted by atomic mass is 32.2. The first kappa shape index (κ1) is 34.9. The zero-order chi connectivity index (χ0) is 35.1. The number of carbonyl (C=O) groups is 1. The molecule has 1 aliphatic rings. The molecular weight excluding hydrogens is 679 g/mol. The maximum absolute atomic E-state index is 14.5. The van der Waals surface area contributed by atoms with Gasteiger partial charge in [0.25, 0.3) is 11.5 Å². The molecule has 0 saturated carbocycles. The molecule has 6 nitrogen and oxygen atoms in total. The van der Waals surface area contributed by atoms with Crippen molar-refractivity contribution in [2.24, 2.45) is 0 Å². The van der Waals surface area contributed by atoms with Crippen LogP contribution >= 0.6 is 0 Å². The van der Waals surface area contributed by atoms with Crippen LogP contribution in [0.15, 0.2) is 96.2 Å². The van der Waals surface area contributed by atoms with Gasteiger partial charge in [0, 0.05) is 36.6 Å². The number of amides is 1. The van der Waals surface area contributed by atoms with E-state index in [9.17, 15) is 52.7 Å². The van der Waals surface area contributed by atoms with E-state index < -0.39 is 85.1 Å². The molecule has 48 heavy (non-hydrogen) atoms. The zero-order valence-corrected chi connectivity index (χ0v) is 25.1. The van der Waals surface area contributed by atoms with Crippen LogP contribution in [0.2, 0.25) is 0 Å². The Morgan fingerprint density at radius 2 is 1.44 bits per heavy atom. The van der Waals surface area contributed by atoms with Crippen molar-refractivity contribution in [1.29, 1.82) is 0 Å². The van der Waals surface area contributed by atoms with Crippen LogP contribution in [0.5, 0.6) is 0 Å². The summed E-state index contributed by atoms with van der Waals surface area (Å²) in [6.07, 6.45) is -10.2. The number of alkyl halides is 6. The van der Waals surface area contributed by atoms with Gasteiger partial charge in [-0.05, 0) is 60.5 Å². The lowest BCUT2D eigenvalue weighted by atomic mass is 9.88. The number of sulfone groups is 1. The standard InChI is InChI=1S/C32H23F9N2O4S/c33-23-10-12-24(13-11-23)48(45,46)29(14-16-43(19-29)28(44)20-3-2-15-42-17-20)21-6-8-22(9-7-21)30(31(36,37)38,32(39,40)41)47-18-25-26(34)4-1-5-27(25)35/h1-13,15,17H,14,16,18-19H2. The van der Waals surface area contributed by atoms with Gasteiger partial charge >= 0.3 is 12.4 Å². The third kappa shape index (κ3) is 5.91. The van der Waals surface area contributed by atoms with Gasteiger partial charge in [-0.2, -0.15) is 26.3 Å². The van der Waals surface area contributed by atoms with Crippen molar-refractivity contribution < 1.29 is 57.5 Å². The van der Waals surface area contributed by atoms with Crippen LogP contribution in [0.3, 0.4) is 0 Å². The number of hydrogen-bond donors (Lipinski definition) is 0. The molecule has 2 heterocycles. The van der Waals surface area contributed by atoms with Crippen molar-refractivity contribution in [3.05, 3.63) is 131 Å². The Bertz CT molecular complexity index is 1870. The van der Waals surface area contributed by atoms with Gasteiger partial charge in [-0.3, -0.25) is 9.78 Å². The number of ether oxygens (including phenoxy) is 1. The number of likely N-dealkylation sites (tertiary alicyclic amines) is 1. The molecule has 3 aromatic carbocycles. The fraction of sp³-hybridized carbons (Fsp3) is 0.250. The van der Waals surface area contributed by atoms with Crippen LogP contribution in [-0.4, -0.2) is 49.7 Å². The third-order valence-corrected chi connectivity index (χ3v) is 10.7. The van der Waals surface area contributed by atoms with Crippen LogP contribution in [0, 0.1) is 17.5 Å². The number of nitrogens with zero attached hydrogens (tertiary/aromatic N) is 2. The predicted molar refractivity (Wildman–Crippen MR) is 151 cm³/mol. The van der Waals surface area contributed by atoms with E-state index in [-0.39, 0.29) is 24.1 Å². The number of aromatic nitrogens is 1. The highest BCUT2D eigenvalue weighted by Gasteiger charge is 2.73. The van der Waals surface area contributed by atoms with Crippen molar-refractivity contribution in [3.8, 4) is 0 Å². The van der Waals surface area contributed by atoms with Gasteiger partial charge < -0.3 is 9.64 Å². The topological polar surface area (TPSA) is 76.6 Å². The Morgan fingerprint density at radius 3 is 1.98 bits per heavy atom.